The van der Waals surface area contributed by atoms with Crippen LogP contribution in [0.3, 0.4) is 0 Å². The Morgan fingerprint density at radius 2 is 1.72 bits per heavy atom. The Labute approximate surface area is 119 Å². The van der Waals surface area contributed by atoms with Crippen LogP contribution >= 0.6 is 27.5 Å². The first-order chi connectivity index (χ1) is 8.75. The van der Waals surface area contributed by atoms with E-state index < -0.39 is 0 Å². The molecule has 3 aromatic rings. The predicted molar refractivity (Wildman–Crippen MR) is 79.9 cm³/mol. The standard InChI is InChI=1S/C15H9BrClN/c16-12-9-14(10-5-2-1-3-6-10)18-15-11(12)7-4-8-13(15)17/h1-9H. The maximum Gasteiger partial charge on any atom is 0.0906 e. The molecule has 1 aromatic heterocycles. The third-order valence-corrected chi connectivity index (χ3v) is 3.77. The molecule has 0 bridgehead atoms. The first-order valence-corrected chi connectivity index (χ1v) is 6.73. The molecular weight excluding hydrogens is 310 g/mol. The molecule has 0 N–H and O–H groups in total. The van der Waals surface area contributed by atoms with Crippen LogP contribution in [-0.2, 0) is 0 Å². The molecule has 0 aliphatic carbocycles. The molecule has 0 spiro atoms. The van der Waals surface area contributed by atoms with Gasteiger partial charge in [-0.15, -0.1) is 0 Å². The van der Waals surface area contributed by atoms with Crippen molar-refractivity contribution in [2.75, 3.05) is 0 Å². The predicted octanol–water partition coefficient (Wildman–Crippen LogP) is 5.32. The fraction of sp³-hybridized carbons (Fsp3) is 0. The minimum Gasteiger partial charge on any atom is -0.246 e. The molecule has 2 aromatic carbocycles. The molecule has 0 atom stereocenters. The first kappa shape index (κ1) is 11.7. The van der Waals surface area contributed by atoms with Crippen LogP contribution < -0.4 is 0 Å². The number of benzene rings is 2. The van der Waals surface area contributed by atoms with Gasteiger partial charge in [0.05, 0.1) is 16.2 Å². The van der Waals surface area contributed by atoms with Gasteiger partial charge in [-0.05, 0) is 12.1 Å². The zero-order valence-corrected chi connectivity index (χ0v) is 11.7. The van der Waals surface area contributed by atoms with E-state index in [-0.39, 0.29) is 0 Å². The molecule has 0 saturated heterocycles. The summed E-state index contributed by atoms with van der Waals surface area (Å²) in [5, 5.41) is 1.70. The lowest BCUT2D eigenvalue weighted by Crippen LogP contribution is -1.87. The van der Waals surface area contributed by atoms with Gasteiger partial charge in [0.15, 0.2) is 0 Å². The summed E-state index contributed by atoms with van der Waals surface area (Å²) < 4.78 is 1.01. The molecule has 0 unspecified atom stereocenters. The monoisotopic (exact) mass is 317 g/mol. The van der Waals surface area contributed by atoms with E-state index in [4.69, 9.17) is 11.6 Å². The van der Waals surface area contributed by atoms with E-state index in [0.29, 0.717) is 5.02 Å². The number of halogens is 2. The molecule has 88 valence electrons. The Hall–Kier alpha value is -1.38. The van der Waals surface area contributed by atoms with Crippen molar-refractivity contribution in [3.63, 3.8) is 0 Å². The number of fused-ring (bicyclic) bond motifs is 1. The van der Waals surface area contributed by atoms with Crippen molar-refractivity contribution < 1.29 is 0 Å². The van der Waals surface area contributed by atoms with Crippen molar-refractivity contribution in [3.8, 4) is 11.3 Å². The number of nitrogens with zero attached hydrogens (tertiary/aromatic N) is 1. The third-order valence-electron chi connectivity index (χ3n) is 2.81. The second-order valence-electron chi connectivity index (χ2n) is 3.99. The fourth-order valence-electron chi connectivity index (χ4n) is 1.93. The third kappa shape index (κ3) is 2.02. The lowest BCUT2D eigenvalue weighted by atomic mass is 10.1. The zero-order valence-electron chi connectivity index (χ0n) is 9.40. The normalized spacial score (nSPS) is 10.8. The lowest BCUT2D eigenvalue weighted by Gasteiger charge is -2.06. The van der Waals surface area contributed by atoms with Crippen LogP contribution in [-0.4, -0.2) is 4.98 Å². The quantitative estimate of drug-likeness (QED) is 0.592. The number of aromatic nitrogens is 1. The average Bonchev–Trinajstić information content (AvgIpc) is 2.41. The SMILES string of the molecule is Clc1cccc2c(Br)cc(-c3ccccc3)nc12. The van der Waals surface area contributed by atoms with Crippen molar-refractivity contribution in [1.82, 2.24) is 4.98 Å². The summed E-state index contributed by atoms with van der Waals surface area (Å²) >= 11 is 9.79. The molecule has 18 heavy (non-hydrogen) atoms. The number of para-hydroxylation sites is 1. The number of hydrogen-bond acceptors (Lipinski definition) is 1. The molecule has 1 nitrogen and oxygen atoms in total. The Bertz CT molecular complexity index is 710. The van der Waals surface area contributed by atoms with E-state index in [9.17, 15) is 0 Å². The summed E-state index contributed by atoms with van der Waals surface area (Å²) in [6, 6.07) is 17.9. The van der Waals surface area contributed by atoms with Gasteiger partial charge < -0.3 is 0 Å². The summed E-state index contributed by atoms with van der Waals surface area (Å²) in [7, 11) is 0. The van der Waals surface area contributed by atoms with E-state index >= 15 is 0 Å². The molecule has 1 heterocycles. The Morgan fingerprint density at radius 1 is 0.944 bits per heavy atom. The molecule has 0 saturated carbocycles. The maximum absolute atomic E-state index is 6.21. The van der Waals surface area contributed by atoms with Crippen molar-refractivity contribution in [2.24, 2.45) is 0 Å². The summed E-state index contributed by atoms with van der Waals surface area (Å²) in [6.07, 6.45) is 0. The number of pyridine rings is 1. The molecule has 0 radical (unpaired) electrons. The Morgan fingerprint density at radius 3 is 2.50 bits per heavy atom. The van der Waals surface area contributed by atoms with Gasteiger partial charge in [0.2, 0.25) is 0 Å². The van der Waals surface area contributed by atoms with Crippen molar-refractivity contribution in [3.05, 3.63) is 64.1 Å². The van der Waals surface area contributed by atoms with E-state index in [1.54, 1.807) is 0 Å². The Kier molecular flexibility index (Phi) is 3.06. The number of hydrogen-bond donors (Lipinski definition) is 0. The fourth-order valence-corrected chi connectivity index (χ4v) is 2.68. The van der Waals surface area contributed by atoms with Crippen molar-refractivity contribution >= 4 is 38.4 Å². The zero-order chi connectivity index (χ0) is 12.5. The van der Waals surface area contributed by atoms with Crippen LogP contribution in [0.4, 0.5) is 0 Å². The second-order valence-corrected chi connectivity index (χ2v) is 5.25. The lowest BCUT2D eigenvalue weighted by molar-refractivity contribution is 1.39. The van der Waals surface area contributed by atoms with Crippen LogP contribution in [0.5, 0.6) is 0 Å². The summed E-state index contributed by atoms with van der Waals surface area (Å²) in [6.45, 7) is 0. The molecule has 0 fully saturated rings. The van der Waals surface area contributed by atoms with Crippen molar-refractivity contribution in [2.45, 2.75) is 0 Å². The van der Waals surface area contributed by atoms with Crippen molar-refractivity contribution in [1.29, 1.82) is 0 Å². The highest BCUT2D eigenvalue weighted by molar-refractivity contribution is 9.10. The largest absolute Gasteiger partial charge is 0.246 e. The molecular formula is C15H9BrClN. The summed E-state index contributed by atoms with van der Waals surface area (Å²) in [5.41, 5.74) is 2.83. The van der Waals surface area contributed by atoms with Crippen LogP contribution in [0.2, 0.25) is 5.02 Å². The van der Waals surface area contributed by atoms with E-state index in [1.165, 1.54) is 0 Å². The van der Waals surface area contributed by atoms with E-state index in [2.05, 4.69) is 20.9 Å². The molecule has 0 aliphatic rings. The highest BCUT2D eigenvalue weighted by Gasteiger charge is 2.07. The molecule has 3 rings (SSSR count). The van der Waals surface area contributed by atoms with Gasteiger partial charge in [-0.2, -0.15) is 0 Å². The second kappa shape index (κ2) is 4.71. The number of rotatable bonds is 1. The minimum atomic E-state index is 0.672. The van der Waals surface area contributed by atoms with Gasteiger partial charge in [-0.25, -0.2) is 4.98 Å². The molecule has 3 heteroatoms. The molecule has 0 amide bonds. The Balaban J connectivity index is 2.31. The van der Waals surface area contributed by atoms with Gasteiger partial charge in [0.25, 0.3) is 0 Å². The van der Waals surface area contributed by atoms with Crippen LogP contribution in [0.1, 0.15) is 0 Å². The van der Waals surface area contributed by atoms with Gasteiger partial charge in [-0.1, -0.05) is 70.0 Å². The topological polar surface area (TPSA) is 12.9 Å². The highest BCUT2D eigenvalue weighted by atomic mass is 79.9. The highest BCUT2D eigenvalue weighted by Crippen LogP contribution is 2.31. The van der Waals surface area contributed by atoms with Gasteiger partial charge >= 0.3 is 0 Å². The summed E-state index contributed by atoms with van der Waals surface area (Å²) in [5.74, 6) is 0. The maximum atomic E-state index is 6.21. The van der Waals surface area contributed by atoms with Crippen LogP contribution in [0, 0.1) is 0 Å². The average molecular weight is 319 g/mol. The smallest absolute Gasteiger partial charge is 0.0906 e. The van der Waals surface area contributed by atoms with E-state index in [1.807, 2.05) is 54.6 Å². The first-order valence-electron chi connectivity index (χ1n) is 5.56. The summed E-state index contributed by atoms with van der Waals surface area (Å²) in [4.78, 5) is 4.64. The minimum absolute atomic E-state index is 0.672. The van der Waals surface area contributed by atoms with Gasteiger partial charge in [-0.3, -0.25) is 0 Å². The molecule has 0 aliphatic heterocycles. The van der Waals surface area contributed by atoms with E-state index in [0.717, 1.165) is 26.6 Å². The van der Waals surface area contributed by atoms with Gasteiger partial charge in [0.1, 0.15) is 0 Å². The van der Waals surface area contributed by atoms with Gasteiger partial charge in [0, 0.05) is 15.4 Å². The van der Waals surface area contributed by atoms with Crippen LogP contribution in [0.15, 0.2) is 59.1 Å². The van der Waals surface area contributed by atoms with Crippen LogP contribution in [0.25, 0.3) is 22.2 Å².